The first-order valence-corrected chi connectivity index (χ1v) is 9.06. The van der Waals surface area contributed by atoms with Gasteiger partial charge in [-0.2, -0.15) is 0 Å². The molecule has 130 valence electrons. The second kappa shape index (κ2) is 7.27. The van der Waals surface area contributed by atoms with E-state index in [2.05, 4.69) is 23.3 Å². The molecule has 0 saturated heterocycles. The summed E-state index contributed by atoms with van der Waals surface area (Å²) in [6.45, 7) is 2.48. The van der Waals surface area contributed by atoms with Crippen molar-refractivity contribution >= 4 is 22.8 Å². The average molecular weight is 357 g/mol. The largest absolute Gasteiger partial charge is 0.379 e. The Morgan fingerprint density at radius 1 is 1.32 bits per heavy atom. The first-order valence-electron chi connectivity index (χ1n) is 8.08. The molecular weight excluding hydrogens is 337 g/mol. The normalized spacial score (nSPS) is 20.0. The summed E-state index contributed by atoms with van der Waals surface area (Å²) in [6.07, 6.45) is 0.920. The monoisotopic (exact) mass is 357 g/mol. The molecule has 0 spiro atoms. The van der Waals surface area contributed by atoms with Crippen LogP contribution in [0.4, 0.5) is 4.39 Å². The average Bonchev–Trinajstić information content (AvgIpc) is 2.60. The van der Waals surface area contributed by atoms with Crippen LogP contribution >= 0.6 is 11.8 Å². The number of nitrogens with one attached hydrogen (secondary N) is 1. The Kier molecular flexibility index (Phi) is 5.08. The standard InChI is InChI=1S/C19H20FN3OS/c1-19(9-10-25-18(21)23-19)15-4-2-3-13(11-15)12-22-17(24)14-5-7-16(20)8-6-14/h2-8,11H,9-10,12H2,1H3,(H2,21,23)(H,22,24). The highest BCUT2D eigenvalue weighted by atomic mass is 32.2. The van der Waals surface area contributed by atoms with Crippen LogP contribution in [0, 0.1) is 5.82 Å². The van der Waals surface area contributed by atoms with Crippen LogP contribution in [0.1, 0.15) is 34.8 Å². The SMILES string of the molecule is CC1(c2cccc(CNC(=O)c3ccc(F)cc3)c2)CCSC(N)=N1. The van der Waals surface area contributed by atoms with Crippen LogP contribution in [0.3, 0.4) is 0 Å². The fourth-order valence-corrected chi connectivity index (χ4v) is 3.77. The van der Waals surface area contributed by atoms with Gasteiger partial charge in [0, 0.05) is 17.9 Å². The minimum Gasteiger partial charge on any atom is -0.379 e. The molecule has 0 aliphatic carbocycles. The van der Waals surface area contributed by atoms with Gasteiger partial charge in [0.1, 0.15) is 5.82 Å². The second-order valence-electron chi connectivity index (χ2n) is 6.21. The quantitative estimate of drug-likeness (QED) is 0.881. The zero-order valence-electron chi connectivity index (χ0n) is 14.0. The van der Waals surface area contributed by atoms with Gasteiger partial charge in [0.05, 0.1) is 5.54 Å². The molecule has 1 amide bonds. The lowest BCUT2D eigenvalue weighted by molar-refractivity contribution is 0.0951. The summed E-state index contributed by atoms with van der Waals surface area (Å²) in [5, 5.41) is 3.47. The Morgan fingerprint density at radius 3 is 2.80 bits per heavy atom. The number of nitrogens with two attached hydrogens (primary N) is 1. The van der Waals surface area contributed by atoms with Crippen molar-refractivity contribution in [2.24, 2.45) is 10.7 Å². The van der Waals surface area contributed by atoms with E-state index in [9.17, 15) is 9.18 Å². The summed E-state index contributed by atoms with van der Waals surface area (Å²) in [7, 11) is 0. The Balaban J connectivity index is 1.71. The molecule has 1 heterocycles. The Morgan fingerprint density at radius 2 is 2.08 bits per heavy atom. The van der Waals surface area contributed by atoms with Crippen LogP contribution in [0.5, 0.6) is 0 Å². The molecule has 3 rings (SSSR count). The van der Waals surface area contributed by atoms with E-state index in [0.29, 0.717) is 17.3 Å². The van der Waals surface area contributed by atoms with Crippen molar-refractivity contribution in [3.63, 3.8) is 0 Å². The van der Waals surface area contributed by atoms with E-state index >= 15 is 0 Å². The molecule has 0 saturated carbocycles. The number of hydrogen-bond acceptors (Lipinski definition) is 4. The molecule has 1 aliphatic heterocycles. The Hall–Kier alpha value is -2.34. The van der Waals surface area contributed by atoms with Crippen molar-refractivity contribution in [3.05, 3.63) is 71.0 Å². The molecule has 2 aromatic carbocycles. The molecular formula is C19H20FN3OS. The molecule has 2 aromatic rings. The van der Waals surface area contributed by atoms with Gasteiger partial charge in [-0.3, -0.25) is 9.79 Å². The van der Waals surface area contributed by atoms with Crippen molar-refractivity contribution < 1.29 is 9.18 Å². The third-order valence-corrected chi connectivity index (χ3v) is 5.10. The summed E-state index contributed by atoms with van der Waals surface area (Å²) >= 11 is 1.58. The van der Waals surface area contributed by atoms with E-state index in [0.717, 1.165) is 23.3 Å². The number of nitrogens with zero attached hydrogens (tertiary/aromatic N) is 1. The maximum Gasteiger partial charge on any atom is 0.251 e. The number of thioether (sulfide) groups is 1. The minimum absolute atomic E-state index is 0.229. The maximum atomic E-state index is 12.9. The Labute approximate surface area is 150 Å². The van der Waals surface area contributed by atoms with Gasteiger partial charge in [0.2, 0.25) is 0 Å². The van der Waals surface area contributed by atoms with Crippen molar-refractivity contribution in [3.8, 4) is 0 Å². The predicted octanol–water partition coefficient (Wildman–Crippen LogP) is 3.42. The van der Waals surface area contributed by atoms with Crippen molar-refractivity contribution in [2.45, 2.75) is 25.4 Å². The van der Waals surface area contributed by atoms with Gasteiger partial charge in [-0.15, -0.1) is 0 Å². The highest BCUT2D eigenvalue weighted by molar-refractivity contribution is 8.13. The van der Waals surface area contributed by atoms with Crippen LogP contribution in [-0.2, 0) is 12.1 Å². The van der Waals surface area contributed by atoms with Crippen molar-refractivity contribution in [1.29, 1.82) is 0 Å². The van der Waals surface area contributed by atoms with Gasteiger partial charge in [-0.1, -0.05) is 36.0 Å². The predicted molar refractivity (Wildman–Crippen MR) is 100 cm³/mol. The number of aliphatic imine (C=N–C) groups is 1. The molecule has 0 radical (unpaired) electrons. The fourth-order valence-electron chi connectivity index (χ4n) is 2.80. The van der Waals surface area contributed by atoms with E-state index in [1.807, 2.05) is 18.2 Å². The van der Waals surface area contributed by atoms with Gasteiger partial charge in [-0.05, 0) is 48.7 Å². The van der Waals surface area contributed by atoms with Gasteiger partial charge < -0.3 is 11.1 Å². The van der Waals surface area contributed by atoms with Crippen LogP contribution < -0.4 is 11.1 Å². The molecule has 0 aromatic heterocycles. The topological polar surface area (TPSA) is 67.5 Å². The lowest BCUT2D eigenvalue weighted by Crippen LogP contribution is -2.29. The molecule has 0 bridgehead atoms. The molecule has 1 atom stereocenters. The first-order chi connectivity index (χ1) is 12.0. The first kappa shape index (κ1) is 17.5. The summed E-state index contributed by atoms with van der Waals surface area (Å²) in [5.74, 6) is 0.355. The second-order valence-corrected chi connectivity index (χ2v) is 7.33. The molecule has 4 nitrogen and oxygen atoms in total. The lowest BCUT2D eigenvalue weighted by Gasteiger charge is -2.30. The van der Waals surface area contributed by atoms with Crippen LogP contribution in [0.15, 0.2) is 53.5 Å². The van der Waals surface area contributed by atoms with Crippen LogP contribution in [-0.4, -0.2) is 16.8 Å². The van der Waals surface area contributed by atoms with E-state index < -0.39 is 0 Å². The van der Waals surface area contributed by atoms with E-state index in [-0.39, 0.29) is 17.3 Å². The minimum atomic E-state index is -0.358. The molecule has 6 heteroatoms. The van der Waals surface area contributed by atoms with E-state index in [4.69, 9.17) is 5.73 Å². The molecule has 0 fully saturated rings. The number of carbonyl (C=O) groups is 1. The zero-order valence-corrected chi connectivity index (χ0v) is 14.8. The smallest absolute Gasteiger partial charge is 0.251 e. The number of amides is 1. The van der Waals surface area contributed by atoms with Gasteiger partial charge in [0.25, 0.3) is 5.91 Å². The Bertz CT molecular complexity index is 807. The van der Waals surface area contributed by atoms with Gasteiger partial charge in [0.15, 0.2) is 5.17 Å². The van der Waals surface area contributed by atoms with E-state index in [1.54, 1.807) is 11.8 Å². The maximum absolute atomic E-state index is 12.9. The highest BCUT2D eigenvalue weighted by Crippen LogP contribution is 2.35. The molecule has 3 N–H and O–H groups in total. The fraction of sp³-hybridized carbons (Fsp3) is 0.263. The number of rotatable bonds is 4. The van der Waals surface area contributed by atoms with Crippen molar-refractivity contribution in [1.82, 2.24) is 5.32 Å². The van der Waals surface area contributed by atoms with Gasteiger partial charge in [-0.25, -0.2) is 4.39 Å². The molecule has 1 unspecified atom stereocenters. The zero-order chi connectivity index (χ0) is 17.9. The summed E-state index contributed by atoms with van der Waals surface area (Å²) in [4.78, 5) is 16.8. The number of hydrogen-bond donors (Lipinski definition) is 2. The number of carbonyl (C=O) groups excluding carboxylic acids is 1. The van der Waals surface area contributed by atoms with Crippen LogP contribution in [0.2, 0.25) is 0 Å². The van der Waals surface area contributed by atoms with E-state index in [1.165, 1.54) is 24.3 Å². The summed E-state index contributed by atoms with van der Waals surface area (Å²) in [6, 6.07) is 13.5. The number of benzene rings is 2. The summed E-state index contributed by atoms with van der Waals surface area (Å²) < 4.78 is 12.9. The third-order valence-electron chi connectivity index (χ3n) is 4.30. The molecule has 25 heavy (non-hydrogen) atoms. The van der Waals surface area contributed by atoms with Gasteiger partial charge >= 0.3 is 0 Å². The number of amidine groups is 1. The van der Waals surface area contributed by atoms with Crippen LogP contribution in [0.25, 0.3) is 0 Å². The number of halogens is 1. The lowest BCUT2D eigenvalue weighted by atomic mass is 9.89. The molecule has 1 aliphatic rings. The highest BCUT2D eigenvalue weighted by Gasteiger charge is 2.29. The summed E-state index contributed by atoms with van der Waals surface area (Å²) in [5.41, 5.74) is 8.07. The third kappa shape index (κ3) is 4.20. The van der Waals surface area contributed by atoms with Crippen molar-refractivity contribution in [2.75, 3.05) is 5.75 Å².